The van der Waals surface area contributed by atoms with Crippen LogP contribution in [-0.2, 0) is 21.4 Å². The van der Waals surface area contributed by atoms with Gasteiger partial charge in [-0.1, -0.05) is 6.07 Å². The average Bonchev–Trinajstić information content (AvgIpc) is 3.10. The minimum atomic E-state index is -0.0342. The van der Waals surface area contributed by atoms with Gasteiger partial charge in [-0.15, -0.1) is 0 Å². The summed E-state index contributed by atoms with van der Waals surface area (Å²) >= 11 is 0. The first-order chi connectivity index (χ1) is 14.0. The van der Waals surface area contributed by atoms with E-state index in [-0.39, 0.29) is 17.3 Å². The number of carbonyl (C=O) groups excluding carboxylic acids is 1. The molecule has 5 nitrogen and oxygen atoms in total. The SMILES string of the molecule is COC(=O)C1CCC2(CCc3ccc(OCC(C)N4CCN(C)CC4)cc32)CC1. The molecule has 5 heteroatoms. The molecule has 1 heterocycles. The van der Waals surface area contributed by atoms with Crippen molar-refractivity contribution < 1.29 is 14.3 Å². The Labute approximate surface area is 175 Å². The van der Waals surface area contributed by atoms with Gasteiger partial charge in [-0.05, 0) is 81.2 Å². The fourth-order valence-corrected chi connectivity index (χ4v) is 5.54. The molecule has 1 saturated heterocycles. The molecule has 0 aromatic heterocycles. The van der Waals surface area contributed by atoms with Crippen LogP contribution in [-0.4, -0.2) is 68.8 Å². The molecule has 0 radical (unpaired) electrons. The topological polar surface area (TPSA) is 42.0 Å². The Kier molecular flexibility index (Phi) is 6.16. The van der Waals surface area contributed by atoms with Gasteiger partial charge in [0.05, 0.1) is 13.0 Å². The zero-order chi connectivity index (χ0) is 20.4. The number of piperazine rings is 1. The van der Waals surface area contributed by atoms with E-state index in [4.69, 9.17) is 9.47 Å². The number of rotatable bonds is 5. The average molecular weight is 401 g/mol. The standard InChI is InChI=1S/C24H36N2O3/c1-18(26-14-12-25(2)13-15-26)17-29-21-5-4-19-6-9-24(22(19)16-21)10-7-20(8-11-24)23(27)28-3/h4-5,16,18,20H,6-15,17H2,1-3H3. The molecule has 1 spiro atoms. The zero-order valence-corrected chi connectivity index (χ0v) is 18.3. The van der Waals surface area contributed by atoms with Gasteiger partial charge in [-0.2, -0.15) is 0 Å². The Hall–Kier alpha value is -1.59. The fraction of sp³-hybridized carbons (Fsp3) is 0.708. The number of methoxy groups -OCH3 is 1. The van der Waals surface area contributed by atoms with Crippen LogP contribution in [0.3, 0.4) is 0 Å². The monoisotopic (exact) mass is 400 g/mol. The molecule has 0 amide bonds. The molecule has 3 aliphatic rings. The van der Waals surface area contributed by atoms with Crippen molar-refractivity contribution in [3.8, 4) is 5.75 Å². The maximum atomic E-state index is 11.9. The summed E-state index contributed by atoms with van der Waals surface area (Å²) in [6.07, 6.45) is 6.41. The van der Waals surface area contributed by atoms with E-state index in [0.29, 0.717) is 6.04 Å². The van der Waals surface area contributed by atoms with E-state index >= 15 is 0 Å². The van der Waals surface area contributed by atoms with Crippen LogP contribution in [0.5, 0.6) is 5.75 Å². The number of fused-ring (bicyclic) bond motifs is 2. The van der Waals surface area contributed by atoms with Gasteiger partial charge in [0, 0.05) is 32.2 Å². The third kappa shape index (κ3) is 4.31. The van der Waals surface area contributed by atoms with Gasteiger partial charge in [0.2, 0.25) is 0 Å². The second-order valence-corrected chi connectivity index (χ2v) is 9.40. The Morgan fingerprint density at radius 1 is 1.17 bits per heavy atom. The highest BCUT2D eigenvalue weighted by Gasteiger charge is 2.43. The highest BCUT2D eigenvalue weighted by molar-refractivity contribution is 5.72. The second-order valence-electron chi connectivity index (χ2n) is 9.40. The lowest BCUT2D eigenvalue weighted by Gasteiger charge is -2.37. The molecule has 4 rings (SSSR count). The van der Waals surface area contributed by atoms with E-state index in [2.05, 4.69) is 42.0 Å². The van der Waals surface area contributed by atoms with Crippen LogP contribution >= 0.6 is 0 Å². The smallest absolute Gasteiger partial charge is 0.308 e. The summed E-state index contributed by atoms with van der Waals surface area (Å²) in [5, 5.41) is 0. The Morgan fingerprint density at radius 3 is 2.59 bits per heavy atom. The Bertz CT molecular complexity index is 719. The molecule has 29 heavy (non-hydrogen) atoms. The summed E-state index contributed by atoms with van der Waals surface area (Å²) in [6.45, 7) is 7.52. The maximum absolute atomic E-state index is 11.9. The maximum Gasteiger partial charge on any atom is 0.308 e. The summed E-state index contributed by atoms with van der Waals surface area (Å²) in [5.74, 6) is 1.05. The second kappa shape index (κ2) is 8.65. The van der Waals surface area contributed by atoms with E-state index < -0.39 is 0 Å². The van der Waals surface area contributed by atoms with Gasteiger partial charge < -0.3 is 14.4 Å². The lowest BCUT2D eigenvalue weighted by atomic mass is 9.67. The molecule has 2 aliphatic carbocycles. The largest absolute Gasteiger partial charge is 0.492 e. The quantitative estimate of drug-likeness (QED) is 0.710. The third-order valence-corrected chi connectivity index (χ3v) is 7.66. The molecule has 2 fully saturated rings. The minimum Gasteiger partial charge on any atom is -0.492 e. The van der Waals surface area contributed by atoms with E-state index in [1.807, 2.05) is 0 Å². The lowest BCUT2D eigenvalue weighted by molar-refractivity contribution is -0.147. The van der Waals surface area contributed by atoms with Crippen molar-refractivity contribution in [3.05, 3.63) is 29.3 Å². The molecule has 0 N–H and O–H groups in total. The summed E-state index contributed by atoms with van der Waals surface area (Å²) in [7, 11) is 3.70. The molecule has 1 aromatic carbocycles. The number of benzene rings is 1. The molecule has 1 aromatic rings. The number of likely N-dealkylation sites (N-methyl/N-ethyl adjacent to an activating group) is 1. The lowest BCUT2D eigenvalue weighted by Crippen LogP contribution is -2.49. The van der Waals surface area contributed by atoms with Crippen LogP contribution in [0.15, 0.2) is 18.2 Å². The number of hydrogen-bond acceptors (Lipinski definition) is 5. The summed E-state index contributed by atoms with van der Waals surface area (Å²) in [4.78, 5) is 16.8. The predicted molar refractivity (Wildman–Crippen MR) is 114 cm³/mol. The van der Waals surface area contributed by atoms with Gasteiger partial charge in [0.25, 0.3) is 0 Å². The number of aryl methyl sites for hydroxylation is 1. The molecular formula is C24H36N2O3. The first kappa shape index (κ1) is 20.7. The molecular weight excluding hydrogens is 364 g/mol. The number of nitrogens with zero attached hydrogens (tertiary/aromatic N) is 2. The first-order valence-electron chi connectivity index (χ1n) is 11.3. The van der Waals surface area contributed by atoms with Crippen LogP contribution in [0.4, 0.5) is 0 Å². The number of ether oxygens (including phenoxy) is 2. The Morgan fingerprint density at radius 2 is 1.90 bits per heavy atom. The number of hydrogen-bond donors (Lipinski definition) is 0. The van der Waals surface area contributed by atoms with E-state index in [1.54, 1.807) is 0 Å². The molecule has 1 unspecified atom stereocenters. The predicted octanol–water partition coefficient (Wildman–Crippen LogP) is 3.25. The Balaban J connectivity index is 1.38. The van der Waals surface area contributed by atoms with Crippen LogP contribution in [0.1, 0.15) is 50.2 Å². The van der Waals surface area contributed by atoms with Crippen molar-refractivity contribution in [2.75, 3.05) is 46.9 Å². The number of esters is 1. The van der Waals surface area contributed by atoms with Gasteiger partial charge in [-0.25, -0.2) is 0 Å². The van der Waals surface area contributed by atoms with Crippen molar-refractivity contribution in [2.45, 2.75) is 56.9 Å². The van der Waals surface area contributed by atoms with Gasteiger partial charge in [0.1, 0.15) is 12.4 Å². The highest BCUT2D eigenvalue weighted by Crippen LogP contribution is 2.50. The molecule has 1 saturated carbocycles. The van der Waals surface area contributed by atoms with Crippen LogP contribution in [0, 0.1) is 5.92 Å². The van der Waals surface area contributed by atoms with E-state index in [9.17, 15) is 4.79 Å². The highest BCUT2D eigenvalue weighted by atomic mass is 16.5. The summed E-state index contributed by atoms with van der Waals surface area (Å²) in [5.41, 5.74) is 3.19. The van der Waals surface area contributed by atoms with Gasteiger partial charge >= 0.3 is 5.97 Å². The van der Waals surface area contributed by atoms with Crippen molar-refractivity contribution in [3.63, 3.8) is 0 Å². The summed E-state index contributed by atoms with van der Waals surface area (Å²) < 4.78 is 11.2. The van der Waals surface area contributed by atoms with Crippen molar-refractivity contribution in [2.24, 2.45) is 5.92 Å². The normalized spacial score (nSPS) is 28.9. The molecule has 1 atom stereocenters. The molecule has 1 aliphatic heterocycles. The fourth-order valence-electron chi connectivity index (χ4n) is 5.54. The zero-order valence-electron chi connectivity index (χ0n) is 18.3. The third-order valence-electron chi connectivity index (χ3n) is 7.66. The minimum absolute atomic E-state index is 0.0342. The van der Waals surface area contributed by atoms with Gasteiger partial charge in [0.15, 0.2) is 0 Å². The van der Waals surface area contributed by atoms with Crippen molar-refractivity contribution >= 4 is 5.97 Å². The molecule has 160 valence electrons. The van der Waals surface area contributed by atoms with Crippen LogP contribution in [0.25, 0.3) is 0 Å². The van der Waals surface area contributed by atoms with Crippen molar-refractivity contribution in [1.29, 1.82) is 0 Å². The van der Waals surface area contributed by atoms with Crippen molar-refractivity contribution in [1.82, 2.24) is 9.80 Å². The number of carbonyl (C=O) groups is 1. The first-order valence-corrected chi connectivity index (χ1v) is 11.3. The molecule has 0 bridgehead atoms. The van der Waals surface area contributed by atoms with Gasteiger partial charge in [-0.3, -0.25) is 9.69 Å². The van der Waals surface area contributed by atoms with Crippen LogP contribution in [0.2, 0.25) is 0 Å². The van der Waals surface area contributed by atoms with E-state index in [1.165, 1.54) is 24.7 Å². The van der Waals surface area contributed by atoms with E-state index in [0.717, 1.165) is 70.6 Å². The summed E-state index contributed by atoms with van der Waals surface area (Å²) in [6, 6.07) is 7.15. The van der Waals surface area contributed by atoms with Crippen LogP contribution < -0.4 is 4.74 Å².